The van der Waals surface area contributed by atoms with Gasteiger partial charge in [-0.15, -0.1) is 0 Å². The van der Waals surface area contributed by atoms with Crippen molar-refractivity contribution >= 4 is 5.91 Å². The number of rotatable bonds is 6. The Kier molecular flexibility index (Phi) is 6.36. The first kappa shape index (κ1) is 16.9. The van der Waals surface area contributed by atoms with Gasteiger partial charge >= 0.3 is 0 Å². The second-order valence-corrected chi connectivity index (χ2v) is 5.88. The van der Waals surface area contributed by atoms with Crippen LogP contribution in [0, 0.1) is 0 Å². The summed E-state index contributed by atoms with van der Waals surface area (Å²) in [5.41, 5.74) is 0.629. The summed E-state index contributed by atoms with van der Waals surface area (Å²) in [4.78, 5) is 16.9. The summed E-state index contributed by atoms with van der Waals surface area (Å²) in [7, 11) is 0. The van der Waals surface area contributed by atoms with Gasteiger partial charge < -0.3 is 15.3 Å². The average molecular weight is 305 g/mol. The molecule has 2 unspecified atom stereocenters. The molecule has 2 atom stereocenters. The number of nitrogens with one attached hydrogen (secondary N) is 1. The number of nitrogens with zero attached hydrogens (tertiary/aromatic N) is 2. The van der Waals surface area contributed by atoms with Crippen molar-refractivity contribution in [3.63, 3.8) is 0 Å². The Balaban J connectivity index is 1.76. The van der Waals surface area contributed by atoms with E-state index in [1.54, 1.807) is 12.1 Å². The lowest BCUT2D eigenvalue weighted by atomic mass is 10.1. The number of benzene rings is 1. The molecule has 0 aromatic heterocycles. The van der Waals surface area contributed by atoms with E-state index in [4.69, 9.17) is 0 Å². The largest absolute Gasteiger partial charge is 0.378 e. The van der Waals surface area contributed by atoms with E-state index in [1.807, 2.05) is 18.2 Å². The second-order valence-electron chi connectivity index (χ2n) is 5.88. The van der Waals surface area contributed by atoms with Crippen LogP contribution in [-0.2, 0) is 4.79 Å². The van der Waals surface area contributed by atoms with Crippen LogP contribution in [0.1, 0.15) is 25.5 Å². The molecule has 1 heterocycles. The zero-order chi connectivity index (χ0) is 15.9. The number of likely N-dealkylation sites (N-methyl/N-ethyl adjacent to an activating group) is 1. The maximum Gasteiger partial charge on any atom is 0.253 e. The van der Waals surface area contributed by atoms with Gasteiger partial charge in [-0.05, 0) is 19.0 Å². The van der Waals surface area contributed by atoms with Crippen LogP contribution in [0.15, 0.2) is 30.3 Å². The summed E-state index contributed by atoms with van der Waals surface area (Å²) in [5, 5.41) is 12.9. The first-order chi connectivity index (χ1) is 10.6. The predicted octanol–water partition coefficient (Wildman–Crippen LogP) is 0.862. The third-order valence-electron chi connectivity index (χ3n) is 4.41. The quantitative estimate of drug-likeness (QED) is 0.818. The smallest absolute Gasteiger partial charge is 0.253 e. The molecule has 1 aliphatic heterocycles. The fraction of sp³-hybridized carbons (Fsp3) is 0.588. The topological polar surface area (TPSA) is 55.8 Å². The number of carbonyl (C=O) groups is 1. The molecule has 1 amide bonds. The molecule has 1 aliphatic rings. The Hall–Kier alpha value is -1.43. The van der Waals surface area contributed by atoms with Gasteiger partial charge in [0.25, 0.3) is 5.91 Å². The van der Waals surface area contributed by atoms with Gasteiger partial charge in [-0.3, -0.25) is 9.69 Å². The highest BCUT2D eigenvalue weighted by atomic mass is 16.3. The van der Waals surface area contributed by atoms with Gasteiger partial charge in [-0.2, -0.15) is 0 Å². The lowest BCUT2D eigenvalue weighted by Crippen LogP contribution is -2.52. The molecular weight excluding hydrogens is 278 g/mol. The number of piperazine rings is 1. The zero-order valence-corrected chi connectivity index (χ0v) is 13.5. The maximum atomic E-state index is 12.0. The summed E-state index contributed by atoms with van der Waals surface area (Å²) >= 11 is 0. The Bertz CT molecular complexity index is 458. The van der Waals surface area contributed by atoms with E-state index in [0.29, 0.717) is 12.1 Å². The highest BCUT2D eigenvalue weighted by molar-refractivity contribution is 5.81. The van der Waals surface area contributed by atoms with Crippen molar-refractivity contribution in [2.75, 3.05) is 39.3 Å². The van der Waals surface area contributed by atoms with Crippen LogP contribution < -0.4 is 5.32 Å². The summed E-state index contributed by atoms with van der Waals surface area (Å²) in [6.45, 7) is 10.2. The van der Waals surface area contributed by atoms with Gasteiger partial charge in [0, 0.05) is 38.8 Å². The maximum absolute atomic E-state index is 12.0. The van der Waals surface area contributed by atoms with E-state index >= 15 is 0 Å². The third kappa shape index (κ3) is 4.53. The fourth-order valence-electron chi connectivity index (χ4n) is 2.78. The van der Waals surface area contributed by atoms with Crippen molar-refractivity contribution in [3.05, 3.63) is 35.9 Å². The molecule has 0 spiro atoms. The molecule has 5 nitrogen and oxygen atoms in total. The molecule has 0 aliphatic carbocycles. The minimum atomic E-state index is -1.09. The van der Waals surface area contributed by atoms with Crippen LogP contribution in [0.3, 0.4) is 0 Å². The molecule has 5 heteroatoms. The SMILES string of the molecule is CCN1CCN(C(C)CNC(=O)C(O)c2ccccc2)CC1. The van der Waals surface area contributed by atoms with Gasteiger partial charge in [0.05, 0.1) is 0 Å². The van der Waals surface area contributed by atoms with Crippen LogP contribution in [0.25, 0.3) is 0 Å². The van der Waals surface area contributed by atoms with E-state index in [-0.39, 0.29) is 11.9 Å². The number of aliphatic hydroxyl groups is 1. The van der Waals surface area contributed by atoms with Gasteiger partial charge in [-0.25, -0.2) is 0 Å². The second kappa shape index (κ2) is 8.27. The zero-order valence-electron chi connectivity index (χ0n) is 13.5. The first-order valence-electron chi connectivity index (χ1n) is 8.09. The van der Waals surface area contributed by atoms with E-state index in [9.17, 15) is 9.90 Å². The molecule has 0 bridgehead atoms. The molecular formula is C17H27N3O2. The van der Waals surface area contributed by atoms with E-state index < -0.39 is 6.10 Å². The molecule has 1 saturated heterocycles. The van der Waals surface area contributed by atoms with Crippen molar-refractivity contribution in [3.8, 4) is 0 Å². The Morgan fingerprint density at radius 2 is 1.86 bits per heavy atom. The van der Waals surface area contributed by atoms with Crippen LogP contribution in [-0.4, -0.2) is 66.1 Å². The Morgan fingerprint density at radius 1 is 1.23 bits per heavy atom. The summed E-state index contributed by atoms with van der Waals surface area (Å²) in [6, 6.07) is 9.32. The van der Waals surface area contributed by atoms with Crippen LogP contribution >= 0.6 is 0 Å². The van der Waals surface area contributed by atoms with Crippen molar-refractivity contribution in [2.24, 2.45) is 0 Å². The third-order valence-corrected chi connectivity index (χ3v) is 4.41. The molecule has 0 radical (unpaired) electrons. The van der Waals surface area contributed by atoms with Crippen molar-refractivity contribution in [2.45, 2.75) is 26.0 Å². The monoisotopic (exact) mass is 305 g/mol. The summed E-state index contributed by atoms with van der Waals surface area (Å²) < 4.78 is 0. The lowest BCUT2D eigenvalue weighted by Gasteiger charge is -2.37. The predicted molar refractivity (Wildman–Crippen MR) is 87.6 cm³/mol. The van der Waals surface area contributed by atoms with Crippen LogP contribution in [0.4, 0.5) is 0 Å². The van der Waals surface area contributed by atoms with Crippen molar-refractivity contribution in [1.82, 2.24) is 15.1 Å². The van der Waals surface area contributed by atoms with Gasteiger partial charge in [0.2, 0.25) is 0 Å². The molecule has 1 aromatic rings. The Morgan fingerprint density at radius 3 is 2.45 bits per heavy atom. The molecule has 1 fully saturated rings. The normalized spacial score (nSPS) is 19.6. The lowest BCUT2D eigenvalue weighted by molar-refractivity contribution is -0.129. The van der Waals surface area contributed by atoms with Gasteiger partial charge in [0.15, 0.2) is 6.10 Å². The van der Waals surface area contributed by atoms with Crippen LogP contribution in [0.5, 0.6) is 0 Å². The highest BCUT2D eigenvalue weighted by Crippen LogP contribution is 2.12. The van der Waals surface area contributed by atoms with E-state index in [2.05, 4.69) is 29.0 Å². The first-order valence-corrected chi connectivity index (χ1v) is 8.09. The molecule has 0 saturated carbocycles. The van der Waals surface area contributed by atoms with Gasteiger partial charge in [-0.1, -0.05) is 37.3 Å². The summed E-state index contributed by atoms with van der Waals surface area (Å²) in [5.74, 6) is -0.328. The number of aliphatic hydroxyl groups excluding tert-OH is 1. The molecule has 122 valence electrons. The molecule has 2 rings (SSSR count). The molecule has 2 N–H and O–H groups in total. The minimum Gasteiger partial charge on any atom is -0.378 e. The van der Waals surface area contributed by atoms with E-state index in [0.717, 1.165) is 32.7 Å². The number of carbonyl (C=O) groups excluding carboxylic acids is 1. The van der Waals surface area contributed by atoms with Gasteiger partial charge in [0.1, 0.15) is 0 Å². The summed E-state index contributed by atoms with van der Waals surface area (Å²) in [6.07, 6.45) is -1.09. The van der Waals surface area contributed by atoms with Crippen molar-refractivity contribution in [1.29, 1.82) is 0 Å². The van der Waals surface area contributed by atoms with E-state index in [1.165, 1.54) is 0 Å². The standard InChI is InChI=1S/C17H27N3O2/c1-3-19-9-11-20(12-10-19)14(2)13-18-17(22)16(21)15-7-5-4-6-8-15/h4-8,14,16,21H,3,9-13H2,1-2H3,(H,18,22). The Labute approximate surface area is 132 Å². The number of amides is 1. The molecule has 1 aromatic carbocycles. The van der Waals surface area contributed by atoms with Crippen molar-refractivity contribution < 1.29 is 9.90 Å². The number of hydrogen-bond acceptors (Lipinski definition) is 4. The molecule has 22 heavy (non-hydrogen) atoms. The fourth-order valence-corrected chi connectivity index (χ4v) is 2.78. The van der Waals surface area contributed by atoms with Crippen LogP contribution in [0.2, 0.25) is 0 Å². The highest BCUT2D eigenvalue weighted by Gasteiger charge is 2.22. The number of hydrogen-bond donors (Lipinski definition) is 2. The minimum absolute atomic E-state index is 0.283. The average Bonchev–Trinajstić information content (AvgIpc) is 2.59.